The van der Waals surface area contributed by atoms with Crippen molar-refractivity contribution in [3.63, 3.8) is 0 Å². The predicted molar refractivity (Wildman–Crippen MR) is 87.8 cm³/mol. The molecular formula is C19H23NO2. The van der Waals surface area contributed by atoms with E-state index in [4.69, 9.17) is 4.74 Å². The van der Waals surface area contributed by atoms with Gasteiger partial charge in [-0.25, -0.2) is 0 Å². The van der Waals surface area contributed by atoms with E-state index in [1.165, 1.54) is 12.8 Å². The summed E-state index contributed by atoms with van der Waals surface area (Å²) in [6, 6.07) is 18.4. The summed E-state index contributed by atoms with van der Waals surface area (Å²) in [6.45, 7) is 2.91. The molecule has 22 heavy (non-hydrogen) atoms. The van der Waals surface area contributed by atoms with E-state index in [1.54, 1.807) is 0 Å². The maximum absolute atomic E-state index is 9.69. The molecule has 3 rings (SSSR count). The number of rotatable bonds is 6. The van der Waals surface area contributed by atoms with Gasteiger partial charge in [0.2, 0.25) is 0 Å². The molecule has 0 bridgehead atoms. The normalized spacial score (nSPS) is 16.6. The zero-order chi connectivity index (χ0) is 15.2. The molecule has 0 amide bonds. The van der Waals surface area contributed by atoms with Crippen LogP contribution in [0, 0.1) is 0 Å². The molecule has 2 aromatic rings. The van der Waals surface area contributed by atoms with E-state index >= 15 is 0 Å². The maximum atomic E-state index is 9.69. The van der Waals surface area contributed by atoms with Gasteiger partial charge in [0.05, 0.1) is 12.6 Å². The molecule has 116 valence electrons. The van der Waals surface area contributed by atoms with Crippen molar-refractivity contribution in [2.75, 3.05) is 19.7 Å². The minimum absolute atomic E-state index is 0.116. The van der Waals surface area contributed by atoms with Crippen LogP contribution in [0.3, 0.4) is 0 Å². The lowest BCUT2D eigenvalue weighted by molar-refractivity contribution is 0.147. The van der Waals surface area contributed by atoms with E-state index in [0.717, 1.165) is 30.0 Å². The van der Waals surface area contributed by atoms with Crippen LogP contribution in [0.4, 0.5) is 0 Å². The summed E-state index contributed by atoms with van der Waals surface area (Å²) >= 11 is 0. The van der Waals surface area contributed by atoms with Crippen LogP contribution < -0.4 is 4.74 Å². The molecule has 0 radical (unpaired) electrons. The van der Waals surface area contributed by atoms with Gasteiger partial charge in [-0.3, -0.25) is 4.90 Å². The van der Waals surface area contributed by atoms with Gasteiger partial charge in [-0.15, -0.1) is 0 Å². The molecular weight excluding hydrogens is 274 g/mol. The van der Waals surface area contributed by atoms with Gasteiger partial charge < -0.3 is 9.84 Å². The molecule has 0 saturated carbocycles. The summed E-state index contributed by atoms with van der Waals surface area (Å²) < 4.78 is 5.81. The molecule has 1 heterocycles. The van der Waals surface area contributed by atoms with Crippen LogP contribution in [-0.4, -0.2) is 29.7 Å². The third-order valence-corrected chi connectivity index (χ3v) is 4.27. The molecule has 3 nitrogen and oxygen atoms in total. The highest BCUT2D eigenvalue weighted by atomic mass is 16.5. The quantitative estimate of drug-likeness (QED) is 0.887. The summed E-state index contributed by atoms with van der Waals surface area (Å²) in [6.07, 6.45) is 2.46. The lowest BCUT2D eigenvalue weighted by Crippen LogP contribution is -2.28. The van der Waals surface area contributed by atoms with E-state index in [1.807, 2.05) is 30.3 Å². The Balaban J connectivity index is 1.61. The van der Waals surface area contributed by atoms with Gasteiger partial charge >= 0.3 is 0 Å². The highest BCUT2D eigenvalue weighted by molar-refractivity contribution is 5.30. The van der Waals surface area contributed by atoms with E-state index in [2.05, 4.69) is 29.2 Å². The summed E-state index contributed by atoms with van der Waals surface area (Å²) in [7, 11) is 0. The molecule has 0 aliphatic carbocycles. The predicted octanol–water partition coefficient (Wildman–Crippen LogP) is 3.39. The van der Waals surface area contributed by atoms with Crippen molar-refractivity contribution in [3.8, 4) is 5.75 Å². The Morgan fingerprint density at radius 3 is 2.27 bits per heavy atom. The van der Waals surface area contributed by atoms with Crippen molar-refractivity contribution in [2.45, 2.75) is 25.5 Å². The Kier molecular flexibility index (Phi) is 5.09. The van der Waals surface area contributed by atoms with E-state index in [9.17, 15) is 5.11 Å². The first-order valence-corrected chi connectivity index (χ1v) is 7.98. The Morgan fingerprint density at radius 1 is 0.955 bits per heavy atom. The molecule has 0 aromatic heterocycles. The van der Waals surface area contributed by atoms with E-state index in [0.29, 0.717) is 6.61 Å². The molecule has 0 spiro atoms. The van der Waals surface area contributed by atoms with Crippen molar-refractivity contribution < 1.29 is 9.84 Å². The Morgan fingerprint density at radius 2 is 1.64 bits per heavy atom. The van der Waals surface area contributed by atoms with Crippen LogP contribution in [0.5, 0.6) is 5.75 Å². The van der Waals surface area contributed by atoms with Crippen LogP contribution in [0.15, 0.2) is 54.6 Å². The van der Waals surface area contributed by atoms with E-state index in [-0.39, 0.29) is 12.6 Å². The zero-order valence-electron chi connectivity index (χ0n) is 12.8. The van der Waals surface area contributed by atoms with E-state index < -0.39 is 0 Å². The summed E-state index contributed by atoms with van der Waals surface area (Å²) in [5.74, 6) is 0.866. The zero-order valence-corrected chi connectivity index (χ0v) is 12.8. The average Bonchev–Trinajstić information content (AvgIpc) is 3.10. The minimum atomic E-state index is 0.116. The van der Waals surface area contributed by atoms with Crippen molar-refractivity contribution >= 4 is 0 Å². The summed E-state index contributed by atoms with van der Waals surface area (Å²) in [5, 5.41) is 9.69. The number of benzene rings is 2. The Labute approximate surface area is 132 Å². The third kappa shape index (κ3) is 3.67. The second-order valence-electron chi connectivity index (χ2n) is 5.78. The van der Waals surface area contributed by atoms with Gasteiger partial charge in [0.15, 0.2) is 0 Å². The van der Waals surface area contributed by atoms with Crippen molar-refractivity contribution in [2.24, 2.45) is 0 Å². The average molecular weight is 297 g/mol. The second kappa shape index (κ2) is 7.43. The van der Waals surface area contributed by atoms with Crippen LogP contribution in [0.25, 0.3) is 0 Å². The number of likely N-dealkylation sites (tertiary alicyclic amines) is 1. The fourth-order valence-corrected chi connectivity index (χ4v) is 3.01. The van der Waals surface area contributed by atoms with Crippen LogP contribution in [-0.2, 0) is 6.61 Å². The molecule has 1 N–H and O–H groups in total. The molecule has 1 fully saturated rings. The van der Waals surface area contributed by atoms with Crippen molar-refractivity contribution in [1.82, 2.24) is 4.90 Å². The van der Waals surface area contributed by atoms with Gasteiger partial charge in [0.1, 0.15) is 12.4 Å². The minimum Gasteiger partial charge on any atom is -0.489 e. The monoisotopic (exact) mass is 297 g/mol. The molecule has 2 aromatic carbocycles. The number of aliphatic hydroxyl groups is 1. The number of hydrogen-bond acceptors (Lipinski definition) is 3. The van der Waals surface area contributed by atoms with Crippen molar-refractivity contribution in [3.05, 3.63) is 65.7 Å². The van der Waals surface area contributed by atoms with Gasteiger partial charge in [0.25, 0.3) is 0 Å². The maximum Gasteiger partial charge on any atom is 0.119 e. The number of aliphatic hydroxyl groups excluding tert-OH is 1. The highest BCUT2D eigenvalue weighted by Gasteiger charge is 2.22. The fraction of sp³-hybridized carbons (Fsp3) is 0.368. The molecule has 1 atom stereocenters. The Hall–Kier alpha value is -1.84. The van der Waals surface area contributed by atoms with Crippen molar-refractivity contribution in [1.29, 1.82) is 0 Å². The molecule has 1 saturated heterocycles. The van der Waals surface area contributed by atoms with Gasteiger partial charge in [-0.1, -0.05) is 42.5 Å². The standard InChI is InChI=1S/C19H23NO2/c21-14-19(20-12-4-5-13-20)17-8-10-18(11-9-17)22-15-16-6-2-1-3-7-16/h1-3,6-11,19,21H,4-5,12-15H2. The fourth-order valence-electron chi connectivity index (χ4n) is 3.01. The SMILES string of the molecule is OCC(c1ccc(OCc2ccccc2)cc1)N1CCCC1. The highest BCUT2D eigenvalue weighted by Crippen LogP contribution is 2.26. The first-order chi connectivity index (χ1) is 10.9. The largest absolute Gasteiger partial charge is 0.489 e. The van der Waals surface area contributed by atoms with Gasteiger partial charge in [-0.05, 0) is 49.2 Å². The summed E-state index contributed by atoms with van der Waals surface area (Å²) in [5.41, 5.74) is 2.33. The molecule has 1 aliphatic rings. The van der Waals surface area contributed by atoms with Crippen LogP contribution >= 0.6 is 0 Å². The smallest absolute Gasteiger partial charge is 0.119 e. The first-order valence-electron chi connectivity index (χ1n) is 7.98. The molecule has 1 aliphatic heterocycles. The number of nitrogens with zero attached hydrogens (tertiary/aromatic N) is 1. The Bertz CT molecular complexity index is 562. The molecule has 3 heteroatoms. The lowest BCUT2D eigenvalue weighted by atomic mass is 10.1. The van der Waals surface area contributed by atoms with Gasteiger partial charge in [-0.2, -0.15) is 0 Å². The van der Waals surface area contributed by atoms with Crippen LogP contribution in [0.1, 0.15) is 30.0 Å². The third-order valence-electron chi connectivity index (χ3n) is 4.27. The number of hydrogen-bond donors (Lipinski definition) is 1. The first kappa shape index (κ1) is 15.1. The molecule has 1 unspecified atom stereocenters. The second-order valence-corrected chi connectivity index (χ2v) is 5.78. The number of ether oxygens (including phenoxy) is 1. The summed E-state index contributed by atoms with van der Waals surface area (Å²) in [4.78, 5) is 2.36. The van der Waals surface area contributed by atoms with Crippen LogP contribution in [0.2, 0.25) is 0 Å². The van der Waals surface area contributed by atoms with Gasteiger partial charge in [0, 0.05) is 0 Å². The lowest BCUT2D eigenvalue weighted by Gasteiger charge is -2.26. The topological polar surface area (TPSA) is 32.7 Å².